The van der Waals surface area contributed by atoms with Gasteiger partial charge in [0.1, 0.15) is 0 Å². The van der Waals surface area contributed by atoms with Gasteiger partial charge in [-0.3, -0.25) is 9.48 Å². The molecule has 0 saturated carbocycles. The lowest BCUT2D eigenvalue weighted by Gasteiger charge is -2.21. The van der Waals surface area contributed by atoms with Crippen LogP contribution < -0.4 is 0 Å². The van der Waals surface area contributed by atoms with E-state index in [0.29, 0.717) is 13.1 Å². The van der Waals surface area contributed by atoms with E-state index in [0.717, 1.165) is 28.1 Å². The smallest absolute Gasteiger partial charge is 0.247 e. The van der Waals surface area contributed by atoms with E-state index in [1.165, 1.54) is 0 Å². The maximum atomic E-state index is 13.0. The van der Waals surface area contributed by atoms with Gasteiger partial charge in [0.25, 0.3) is 0 Å². The molecule has 0 aliphatic heterocycles. The lowest BCUT2D eigenvalue weighted by molar-refractivity contribution is -0.127. The predicted octanol–water partition coefficient (Wildman–Crippen LogP) is 4.28. The molecule has 0 aliphatic rings. The Labute approximate surface area is 160 Å². The first kappa shape index (κ1) is 18.6. The summed E-state index contributed by atoms with van der Waals surface area (Å²) in [6.45, 7) is 5.12. The summed E-state index contributed by atoms with van der Waals surface area (Å²) in [6, 6.07) is 20.2. The van der Waals surface area contributed by atoms with Gasteiger partial charge in [-0.25, -0.2) is 0 Å². The SMILES string of the molecule is Cc1nn(C)c(C)c1/C=C/C(=O)N(Cc1ccccc1)Cc1ccccc1. The van der Waals surface area contributed by atoms with Gasteiger partial charge in [0.05, 0.1) is 5.69 Å². The van der Waals surface area contributed by atoms with Crippen molar-refractivity contribution in [1.82, 2.24) is 14.7 Å². The Morgan fingerprint density at radius 3 is 1.93 bits per heavy atom. The van der Waals surface area contributed by atoms with Crippen LogP contribution in [0.25, 0.3) is 6.08 Å². The molecule has 3 rings (SSSR count). The van der Waals surface area contributed by atoms with Crippen molar-refractivity contribution in [3.8, 4) is 0 Å². The number of carbonyl (C=O) groups is 1. The highest BCUT2D eigenvalue weighted by atomic mass is 16.2. The summed E-state index contributed by atoms with van der Waals surface area (Å²) in [5.41, 5.74) is 5.21. The highest BCUT2D eigenvalue weighted by Gasteiger charge is 2.13. The maximum Gasteiger partial charge on any atom is 0.247 e. The summed E-state index contributed by atoms with van der Waals surface area (Å²) >= 11 is 0. The van der Waals surface area contributed by atoms with Crippen LogP contribution in [-0.4, -0.2) is 20.6 Å². The van der Waals surface area contributed by atoms with Crippen molar-refractivity contribution in [3.05, 3.63) is 94.8 Å². The average molecular weight is 359 g/mol. The van der Waals surface area contributed by atoms with Crippen LogP contribution >= 0.6 is 0 Å². The second kappa shape index (κ2) is 8.49. The van der Waals surface area contributed by atoms with Crippen LogP contribution in [0.1, 0.15) is 28.1 Å². The molecule has 0 aliphatic carbocycles. The summed E-state index contributed by atoms with van der Waals surface area (Å²) in [5, 5.41) is 4.41. The fourth-order valence-corrected chi connectivity index (χ4v) is 3.11. The Balaban J connectivity index is 1.82. The predicted molar refractivity (Wildman–Crippen MR) is 109 cm³/mol. The lowest BCUT2D eigenvalue weighted by Crippen LogP contribution is -2.28. The molecule has 0 fully saturated rings. The van der Waals surface area contributed by atoms with Gasteiger partial charge in [0.15, 0.2) is 0 Å². The lowest BCUT2D eigenvalue weighted by atomic mass is 10.1. The molecule has 0 unspecified atom stereocenters. The van der Waals surface area contributed by atoms with Crippen LogP contribution in [0.15, 0.2) is 66.7 Å². The number of hydrogen-bond acceptors (Lipinski definition) is 2. The zero-order chi connectivity index (χ0) is 19.2. The summed E-state index contributed by atoms with van der Waals surface area (Å²) in [5.74, 6) is -0.00893. The van der Waals surface area contributed by atoms with E-state index in [9.17, 15) is 4.79 Å². The van der Waals surface area contributed by atoms with Crippen LogP contribution in [0.3, 0.4) is 0 Å². The highest BCUT2D eigenvalue weighted by Crippen LogP contribution is 2.15. The Morgan fingerprint density at radius 2 is 1.48 bits per heavy atom. The Bertz CT molecular complexity index is 886. The van der Waals surface area contributed by atoms with Gasteiger partial charge in [0.2, 0.25) is 5.91 Å². The average Bonchev–Trinajstić information content (AvgIpc) is 2.92. The molecule has 1 amide bonds. The molecule has 27 heavy (non-hydrogen) atoms. The third-order valence-electron chi connectivity index (χ3n) is 4.70. The topological polar surface area (TPSA) is 38.1 Å². The fourth-order valence-electron chi connectivity index (χ4n) is 3.11. The Morgan fingerprint density at radius 1 is 0.963 bits per heavy atom. The Hall–Kier alpha value is -3.14. The summed E-state index contributed by atoms with van der Waals surface area (Å²) in [7, 11) is 1.92. The minimum Gasteiger partial charge on any atom is -0.331 e. The molecule has 0 atom stereocenters. The second-order valence-corrected chi connectivity index (χ2v) is 6.71. The number of aromatic nitrogens is 2. The number of benzene rings is 2. The molecule has 0 bridgehead atoms. The van der Waals surface area contributed by atoms with E-state index in [-0.39, 0.29) is 5.91 Å². The van der Waals surface area contributed by atoms with E-state index >= 15 is 0 Å². The fraction of sp³-hybridized carbons (Fsp3) is 0.217. The number of amides is 1. The largest absolute Gasteiger partial charge is 0.331 e. The molecule has 0 saturated heterocycles. The first-order valence-corrected chi connectivity index (χ1v) is 9.09. The van der Waals surface area contributed by atoms with Crippen LogP contribution in [0, 0.1) is 13.8 Å². The molecule has 4 nitrogen and oxygen atoms in total. The third-order valence-corrected chi connectivity index (χ3v) is 4.70. The summed E-state index contributed by atoms with van der Waals surface area (Å²) in [4.78, 5) is 14.8. The molecule has 1 aromatic heterocycles. The number of rotatable bonds is 6. The first-order chi connectivity index (χ1) is 13.0. The Kier molecular flexibility index (Phi) is 5.87. The minimum atomic E-state index is -0.00893. The molecule has 1 heterocycles. The highest BCUT2D eigenvalue weighted by molar-refractivity contribution is 5.92. The second-order valence-electron chi connectivity index (χ2n) is 6.71. The van der Waals surface area contributed by atoms with Crippen LogP contribution in [-0.2, 0) is 24.9 Å². The van der Waals surface area contributed by atoms with Crippen molar-refractivity contribution in [2.45, 2.75) is 26.9 Å². The van der Waals surface area contributed by atoms with Crippen molar-refractivity contribution in [2.75, 3.05) is 0 Å². The molecule has 0 radical (unpaired) electrons. The van der Waals surface area contributed by atoms with Crippen molar-refractivity contribution in [2.24, 2.45) is 7.05 Å². The van der Waals surface area contributed by atoms with Gasteiger partial charge in [-0.2, -0.15) is 5.10 Å². The quantitative estimate of drug-likeness (QED) is 0.616. The van der Waals surface area contributed by atoms with Crippen molar-refractivity contribution in [1.29, 1.82) is 0 Å². The van der Waals surface area contributed by atoms with E-state index in [2.05, 4.69) is 5.10 Å². The number of aryl methyl sites for hydroxylation is 2. The monoisotopic (exact) mass is 359 g/mol. The van der Waals surface area contributed by atoms with Gasteiger partial charge in [-0.05, 0) is 31.1 Å². The normalized spacial score (nSPS) is 11.1. The van der Waals surface area contributed by atoms with Gasteiger partial charge in [-0.15, -0.1) is 0 Å². The zero-order valence-electron chi connectivity index (χ0n) is 16.1. The van der Waals surface area contributed by atoms with Crippen LogP contribution in [0.4, 0.5) is 0 Å². The molecule has 0 spiro atoms. The van der Waals surface area contributed by atoms with Gasteiger partial charge < -0.3 is 4.90 Å². The molecule has 4 heteroatoms. The minimum absolute atomic E-state index is 0.00893. The van der Waals surface area contributed by atoms with Gasteiger partial charge in [-0.1, -0.05) is 60.7 Å². The summed E-state index contributed by atoms with van der Waals surface area (Å²) in [6.07, 6.45) is 3.53. The van der Waals surface area contributed by atoms with Crippen molar-refractivity contribution >= 4 is 12.0 Å². The van der Waals surface area contributed by atoms with E-state index in [1.54, 1.807) is 6.08 Å². The molecular weight excluding hydrogens is 334 g/mol. The first-order valence-electron chi connectivity index (χ1n) is 9.09. The molecule has 0 N–H and O–H groups in total. The number of nitrogens with zero attached hydrogens (tertiary/aromatic N) is 3. The molecule has 138 valence electrons. The maximum absolute atomic E-state index is 13.0. The van der Waals surface area contributed by atoms with E-state index in [1.807, 2.05) is 97.2 Å². The number of hydrogen-bond donors (Lipinski definition) is 0. The molecule has 3 aromatic rings. The standard InChI is InChI=1S/C23H25N3O/c1-18-22(19(2)25(3)24-18)14-15-23(27)26(16-20-10-6-4-7-11-20)17-21-12-8-5-9-13-21/h4-15H,16-17H2,1-3H3/b15-14+. The van der Waals surface area contributed by atoms with E-state index < -0.39 is 0 Å². The third kappa shape index (κ3) is 4.73. The van der Waals surface area contributed by atoms with Crippen molar-refractivity contribution < 1.29 is 4.79 Å². The molecular formula is C23H25N3O. The van der Waals surface area contributed by atoms with E-state index in [4.69, 9.17) is 0 Å². The van der Waals surface area contributed by atoms with Crippen LogP contribution in [0.2, 0.25) is 0 Å². The van der Waals surface area contributed by atoms with Gasteiger partial charge in [0, 0.05) is 37.5 Å². The van der Waals surface area contributed by atoms with Gasteiger partial charge >= 0.3 is 0 Å². The van der Waals surface area contributed by atoms with Crippen molar-refractivity contribution in [3.63, 3.8) is 0 Å². The summed E-state index contributed by atoms with van der Waals surface area (Å²) < 4.78 is 1.84. The number of carbonyl (C=O) groups excluding carboxylic acids is 1. The van der Waals surface area contributed by atoms with Crippen LogP contribution in [0.5, 0.6) is 0 Å². The zero-order valence-corrected chi connectivity index (χ0v) is 16.1. The molecule has 2 aromatic carbocycles.